The van der Waals surface area contributed by atoms with E-state index in [1.807, 2.05) is 38.1 Å². The van der Waals surface area contributed by atoms with Crippen LogP contribution >= 0.6 is 15.9 Å². The Morgan fingerprint density at radius 2 is 1.70 bits per heavy atom. The lowest BCUT2D eigenvalue weighted by molar-refractivity contribution is 0.242. The Morgan fingerprint density at radius 1 is 1.05 bits per heavy atom. The predicted molar refractivity (Wildman–Crippen MR) is 87.1 cm³/mol. The van der Waals surface area contributed by atoms with Crippen LogP contribution in [0.1, 0.15) is 36.6 Å². The van der Waals surface area contributed by atoms with Gasteiger partial charge in [-0.25, -0.2) is 0 Å². The molecular weight excluding hydrogens is 314 g/mol. The van der Waals surface area contributed by atoms with Crippen molar-refractivity contribution < 1.29 is 4.74 Å². The number of rotatable bonds is 4. The molecule has 0 saturated heterocycles. The van der Waals surface area contributed by atoms with Crippen LogP contribution in [0, 0.1) is 6.92 Å². The van der Waals surface area contributed by atoms with Gasteiger partial charge in [-0.05, 0) is 55.7 Å². The summed E-state index contributed by atoms with van der Waals surface area (Å²) in [4.78, 5) is 0. The lowest BCUT2D eigenvalue weighted by Gasteiger charge is -2.16. The van der Waals surface area contributed by atoms with Gasteiger partial charge in [-0.15, -0.1) is 0 Å². The third-order valence-electron chi connectivity index (χ3n) is 3.10. The van der Waals surface area contributed by atoms with Crippen LogP contribution in [-0.4, -0.2) is 6.10 Å². The highest BCUT2D eigenvalue weighted by molar-refractivity contribution is 9.10. The lowest BCUT2D eigenvalue weighted by Crippen LogP contribution is -2.12. The molecule has 2 N–H and O–H groups in total. The molecule has 106 valence electrons. The first-order valence-electron chi connectivity index (χ1n) is 6.75. The first-order valence-corrected chi connectivity index (χ1v) is 7.55. The normalized spacial score (nSPS) is 12.5. The molecule has 0 spiro atoms. The van der Waals surface area contributed by atoms with Gasteiger partial charge in [0.2, 0.25) is 0 Å². The summed E-state index contributed by atoms with van der Waals surface area (Å²) < 4.78 is 6.69. The van der Waals surface area contributed by atoms with Crippen LogP contribution in [0.15, 0.2) is 46.9 Å². The summed E-state index contributed by atoms with van der Waals surface area (Å²) >= 11 is 3.59. The van der Waals surface area contributed by atoms with Gasteiger partial charge in [-0.1, -0.05) is 40.2 Å². The van der Waals surface area contributed by atoms with E-state index >= 15 is 0 Å². The van der Waals surface area contributed by atoms with E-state index in [1.54, 1.807) is 0 Å². The maximum absolute atomic E-state index is 6.35. The number of halogens is 1. The summed E-state index contributed by atoms with van der Waals surface area (Å²) in [7, 11) is 0. The zero-order chi connectivity index (χ0) is 14.7. The highest BCUT2D eigenvalue weighted by atomic mass is 79.9. The van der Waals surface area contributed by atoms with Gasteiger partial charge in [-0.2, -0.15) is 0 Å². The quantitative estimate of drug-likeness (QED) is 0.887. The first-order chi connectivity index (χ1) is 9.47. The van der Waals surface area contributed by atoms with Crippen molar-refractivity contribution in [2.24, 2.45) is 5.73 Å². The third-order valence-corrected chi connectivity index (χ3v) is 3.79. The number of benzene rings is 2. The summed E-state index contributed by atoms with van der Waals surface area (Å²) in [6.07, 6.45) is 0.181. The second kappa shape index (κ2) is 6.42. The Kier molecular flexibility index (Phi) is 4.84. The minimum atomic E-state index is -0.141. The van der Waals surface area contributed by atoms with Crippen LogP contribution in [0.25, 0.3) is 0 Å². The summed E-state index contributed by atoms with van der Waals surface area (Å²) in [5.41, 5.74) is 9.73. The minimum absolute atomic E-state index is 0.141. The van der Waals surface area contributed by atoms with Gasteiger partial charge in [0, 0.05) is 4.47 Å². The highest BCUT2D eigenvalue weighted by Crippen LogP contribution is 2.28. The van der Waals surface area contributed by atoms with Crippen LogP contribution in [-0.2, 0) is 0 Å². The van der Waals surface area contributed by atoms with Crippen molar-refractivity contribution in [3.8, 4) is 5.75 Å². The predicted octanol–water partition coefficient (Wildman–Crippen LogP) is 4.59. The van der Waals surface area contributed by atoms with Gasteiger partial charge in [0.15, 0.2) is 0 Å². The van der Waals surface area contributed by atoms with Crippen LogP contribution in [0.2, 0.25) is 0 Å². The van der Waals surface area contributed by atoms with Crippen LogP contribution in [0.5, 0.6) is 5.75 Å². The largest absolute Gasteiger partial charge is 0.491 e. The van der Waals surface area contributed by atoms with Crippen molar-refractivity contribution >= 4 is 15.9 Å². The molecule has 0 radical (unpaired) electrons. The molecular formula is C17H20BrNO. The lowest BCUT2D eigenvalue weighted by atomic mass is 9.99. The molecule has 2 rings (SSSR count). The minimum Gasteiger partial charge on any atom is -0.491 e. The standard InChI is InChI=1S/C17H20BrNO/c1-11(2)20-14-7-5-13(6-8-14)17(19)15-9-4-12(3)10-16(15)18/h4-11,17H,19H2,1-3H3. The number of nitrogens with two attached hydrogens (primary N) is 1. The highest BCUT2D eigenvalue weighted by Gasteiger charge is 2.12. The Bertz CT molecular complexity index is 578. The van der Waals surface area contributed by atoms with E-state index in [0.717, 1.165) is 21.3 Å². The smallest absolute Gasteiger partial charge is 0.119 e. The number of hydrogen-bond donors (Lipinski definition) is 1. The molecule has 0 aliphatic carbocycles. The second-order valence-electron chi connectivity index (χ2n) is 5.24. The molecule has 0 bridgehead atoms. The average molecular weight is 334 g/mol. The maximum Gasteiger partial charge on any atom is 0.119 e. The van der Waals surface area contributed by atoms with E-state index in [-0.39, 0.29) is 12.1 Å². The van der Waals surface area contributed by atoms with Gasteiger partial charge in [-0.3, -0.25) is 0 Å². The number of ether oxygens (including phenoxy) is 1. The fraction of sp³-hybridized carbons (Fsp3) is 0.294. The van der Waals surface area contributed by atoms with Gasteiger partial charge in [0.05, 0.1) is 12.1 Å². The first kappa shape index (κ1) is 15.1. The molecule has 0 saturated carbocycles. The zero-order valence-corrected chi connectivity index (χ0v) is 13.6. The zero-order valence-electron chi connectivity index (χ0n) is 12.1. The van der Waals surface area contributed by atoms with Gasteiger partial charge >= 0.3 is 0 Å². The maximum atomic E-state index is 6.35. The Morgan fingerprint density at radius 3 is 2.25 bits per heavy atom. The third kappa shape index (κ3) is 3.62. The molecule has 0 amide bonds. The van der Waals surface area contributed by atoms with E-state index in [4.69, 9.17) is 10.5 Å². The second-order valence-corrected chi connectivity index (χ2v) is 6.09. The molecule has 2 aromatic carbocycles. The molecule has 0 aromatic heterocycles. The summed E-state index contributed by atoms with van der Waals surface area (Å²) in [5.74, 6) is 0.874. The number of aryl methyl sites for hydroxylation is 1. The van der Waals surface area contributed by atoms with Crippen molar-refractivity contribution in [2.75, 3.05) is 0 Å². The fourth-order valence-electron chi connectivity index (χ4n) is 2.09. The molecule has 1 unspecified atom stereocenters. The summed E-state index contributed by atoms with van der Waals surface area (Å²) in [5, 5.41) is 0. The summed E-state index contributed by atoms with van der Waals surface area (Å²) in [6, 6.07) is 14.1. The topological polar surface area (TPSA) is 35.2 Å². The van der Waals surface area contributed by atoms with Crippen molar-refractivity contribution in [1.29, 1.82) is 0 Å². The van der Waals surface area contributed by atoms with E-state index in [0.29, 0.717) is 0 Å². The SMILES string of the molecule is Cc1ccc(C(N)c2ccc(OC(C)C)cc2)c(Br)c1. The van der Waals surface area contributed by atoms with E-state index in [2.05, 4.69) is 41.1 Å². The molecule has 2 aromatic rings. The average Bonchev–Trinajstić information content (AvgIpc) is 2.38. The molecule has 0 aliphatic rings. The van der Waals surface area contributed by atoms with Gasteiger partial charge in [0.25, 0.3) is 0 Å². The Labute approximate surface area is 129 Å². The van der Waals surface area contributed by atoms with Crippen LogP contribution in [0.3, 0.4) is 0 Å². The summed E-state index contributed by atoms with van der Waals surface area (Å²) in [6.45, 7) is 6.10. The van der Waals surface area contributed by atoms with Crippen molar-refractivity contribution in [3.63, 3.8) is 0 Å². The van der Waals surface area contributed by atoms with Gasteiger partial charge in [0.1, 0.15) is 5.75 Å². The van der Waals surface area contributed by atoms with Crippen molar-refractivity contribution in [2.45, 2.75) is 32.9 Å². The molecule has 3 heteroatoms. The fourth-order valence-corrected chi connectivity index (χ4v) is 2.83. The van der Waals surface area contributed by atoms with Crippen molar-refractivity contribution in [1.82, 2.24) is 0 Å². The number of hydrogen-bond acceptors (Lipinski definition) is 2. The molecule has 20 heavy (non-hydrogen) atoms. The van der Waals surface area contributed by atoms with Crippen LogP contribution in [0.4, 0.5) is 0 Å². The molecule has 0 aliphatic heterocycles. The monoisotopic (exact) mass is 333 g/mol. The molecule has 2 nitrogen and oxygen atoms in total. The Hall–Kier alpha value is -1.32. The van der Waals surface area contributed by atoms with Crippen LogP contribution < -0.4 is 10.5 Å². The van der Waals surface area contributed by atoms with E-state index < -0.39 is 0 Å². The molecule has 0 heterocycles. The molecule has 0 fully saturated rings. The molecule has 1 atom stereocenters. The van der Waals surface area contributed by atoms with E-state index in [1.165, 1.54) is 5.56 Å². The van der Waals surface area contributed by atoms with Gasteiger partial charge < -0.3 is 10.5 Å². The van der Waals surface area contributed by atoms with E-state index in [9.17, 15) is 0 Å². The Balaban J connectivity index is 2.22. The van der Waals surface area contributed by atoms with Crippen molar-refractivity contribution in [3.05, 3.63) is 63.6 Å².